The molecule has 5 heteroatoms. The zero-order valence-corrected chi connectivity index (χ0v) is 17.3. The summed E-state index contributed by atoms with van der Waals surface area (Å²) in [6.45, 7) is 0. The summed E-state index contributed by atoms with van der Waals surface area (Å²) in [6, 6.07) is 24.3. The molecule has 7 rings (SSSR count). The van der Waals surface area contributed by atoms with E-state index < -0.39 is 22.1 Å². The molecule has 0 aromatic heterocycles. The lowest BCUT2D eigenvalue weighted by Gasteiger charge is -2.57. The highest BCUT2D eigenvalue weighted by molar-refractivity contribution is 6.33. The third kappa shape index (κ3) is 1.99. The largest absolute Gasteiger partial charge is 0.303 e. The number of anilines is 1. The van der Waals surface area contributed by atoms with E-state index in [4.69, 9.17) is 11.6 Å². The van der Waals surface area contributed by atoms with E-state index in [1.165, 1.54) is 4.90 Å². The Balaban J connectivity index is 1.71. The normalized spacial score (nSPS) is 30.0. The van der Waals surface area contributed by atoms with Crippen molar-refractivity contribution in [2.45, 2.75) is 16.7 Å². The Labute approximate surface area is 184 Å². The summed E-state index contributed by atoms with van der Waals surface area (Å²) < 4.78 is 0. The Morgan fingerprint density at radius 1 is 0.742 bits per heavy atom. The number of aldehydes is 1. The summed E-state index contributed by atoms with van der Waals surface area (Å²) in [4.78, 5) is 39.9. The van der Waals surface area contributed by atoms with Crippen LogP contribution in [0.3, 0.4) is 0 Å². The third-order valence-electron chi connectivity index (χ3n) is 7.28. The third-order valence-corrected chi connectivity index (χ3v) is 7.93. The smallest absolute Gasteiger partial charge is 0.240 e. The van der Waals surface area contributed by atoms with Gasteiger partial charge in [0.2, 0.25) is 11.8 Å². The van der Waals surface area contributed by atoms with Crippen molar-refractivity contribution in [3.05, 3.63) is 101 Å². The van der Waals surface area contributed by atoms with Crippen molar-refractivity contribution in [3.63, 3.8) is 0 Å². The molecule has 2 amide bonds. The molecule has 1 aliphatic heterocycles. The number of amides is 2. The molecule has 1 heterocycles. The molecule has 152 valence electrons. The van der Waals surface area contributed by atoms with Crippen LogP contribution in [0.15, 0.2) is 78.9 Å². The van der Waals surface area contributed by atoms with Gasteiger partial charge in [-0.3, -0.25) is 9.59 Å². The van der Waals surface area contributed by atoms with E-state index in [1.807, 2.05) is 54.6 Å². The molecular formula is C26H18ClNO3. The molecule has 2 bridgehead atoms. The lowest BCUT2D eigenvalue weighted by atomic mass is 9.46. The van der Waals surface area contributed by atoms with E-state index >= 15 is 0 Å². The molecule has 2 unspecified atom stereocenters. The fourth-order valence-electron chi connectivity index (χ4n) is 6.22. The number of imide groups is 1. The summed E-state index contributed by atoms with van der Waals surface area (Å²) in [5, 5.41) is 0. The van der Waals surface area contributed by atoms with E-state index in [0.29, 0.717) is 5.69 Å². The first-order valence-corrected chi connectivity index (χ1v) is 10.7. The fraction of sp³-hybridized carbons (Fsp3) is 0.192. The minimum atomic E-state index is -1.17. The van der Waals surface area contributed by atoms with Crippen molar-refractivity contribution in [1.82, 2.24) is 0 Å². The van der Waals surface area contributed by atoms with Crippen LogP contribution in [0.5, 0.6) is 0 Å². The van der Waals surface area contributed by atoms with E-state index in [2.05, 4.69) is 0 Å². The first-order chi connectivity index (χ1) is 15.1. The number of alkyl halides is 1. The molecule has 4 aliphatic rings. The number of carbonyl (C=O) groups excluding carboxylic acids is 3. The molecule has 3 aromatic carbocycles. The second kappa shape index (κ2) is 6.14. The van der Waals surface area contributed by atoms with E-state index in [0.717, 1.165) is 28.5 Å². The zero-order chi connectivity index (χ0) is 21.4. The number of nitrogens with zero attached hydrogens (tertiary/aromatic N) is 1. The molecule has 2 atom stereocenters. The summed E-state index contributed by atoms with van der Waals surface area (Å²) in [5.74, 6) is -2.13. The van der Waals surface area contributed by atoms with Crippen LogP contribution < -0.4 is 4.90 Å². The molecule has 0 saturated carbocycles. The number of carbonyl (C=O) groups is 3. The predicted molar refractivity (Wildman–Crippen MR) is 117 cm³/mol. The van der Waals surface area contributed by atoms with Gasteiger partial charge in [0.25, 0.3) is 0 Å². The van der Waals surface area contributed by atoms with Gasteiger partial charge in [-0.1, -0.05) is 66.7 Å². The monoisotopic (exact) mass is 427 g/mol. The van der Waals surface area contributed by atoms with Crippen LogP contribution in [0.25, 0.3) is 0 Å². The standard InChI is InChI=1S/C26H18ClNO3/c27-26-19-12-6-4-10-17(19)25(14-15-29,18-11-5-7-13-20(18)26)21-22(26)24(31)28(23(21)30)16-8-2-1-3-9-16/h1-13,15,21-22H,14H2. The molecule has 1 saturated heterocycles. The minimum absolute atomic E-state index is 0.108. The summed E-state index contributed by atoms with van der Waals surface area (Å²) in [6.07, 6.45) is 0.969. The van der Waals surface area contributed by atoms with Crippen molar-refractivity contribution in [2.24, 2.45) is 11.8 Å². The number of para-hydroxylation sites is 1. The highest BCUT2D eigenvalue weighted by Crippen LogP contribution is 2.69. The second-order valence-corrected chi connectivity index (χ2v) is 9.04. The van der Waals surface area contributed by atoms with Gasteiger partial charge in [-0.25, -0.2) is 4.90 Å². The molecule has 4 nitrogen and oxygen atoms in total. The van der Waals surface area contributed by atoms with Gasteiger partial charge in [0.15, 0.2) is 0 Å². The van der Waals surface area contributed by atoms with Crippen molar-refractivity contribution in [2.75, 3.05) is 4.90 Å². The number of halogens is 1. The molecule has 1 fully saturated rings. The average molecular weight is 428 g/mol. The van der Waals surface area contributed by atoms with Crippen LogP contribution in [-0.2, 0) is 24.7 Å². The van der Waals surface area contributed by atoms with Gasteiger partial charge >= 0.3 is 0 Å². The van der Waals surface area contributed by atoms with Gasteiger partial charge in [0.1, 0.15) is 11.2 Å². The molecular weight excluding hydrogens is 410 g/mol. The predicted octanol–water partition coefficient (Wildman–Crippen LogP) is 4.18. The summed E-state index contributed by atoms with van der Waals surface area (Å²) in [5.41, 5.74) is 2.97. The van der Waals surface area contributed by atoms with E-state index in [9.17, 15) is 14.4 Å². The van der Waals surface area contributed by atoms with Gasteiger partial charge < -0.3 is 4.79 Å². The Kier molecular flexibility index (Phi) is 3.67. The van der Waals surface area contributed by atoms with Crippen molar-refractivity contribution < 1.29 is 14.4 Å². The van der Waals surface area contributed by atoms with Gasteiger partial charge in [0.05, 0.1) is 17.5 Å². The number of hydrogen-bond acceptors (Lipinski definition) is 3. The highest BCUT2D eigenvalue weighted by atomic mass is 35.5. The number of rotatable bonds is 3. The van der Waals surface area contributed by atoms with Crippen LogP contribution in [-0.4, -0.2) is 18.1 Å². The Bertz CT molecular complexity index is 1220. The maximum atomic E-state index is 13.9. The van der Waals surface area contributed by atoms with Crippen molar-refractivity contribution >= 4 is 35.4 Å². The van der Waals surface area contributed by atoms with Crippen LogP contribution in [0.2, 0.25) is 0 Å². The molecule has 0 spiro atoms. The lowest BCUT2D eigenvalue weighted by Crippen LogP contribution is -2.59. The van der Waals surface area contributed by atoms with Crippen LogP contribution in [0.1, 0.15) is 28.7 Å². The van der Waals surface area contributed by atoms with Crippen LogP contribution in [0, 0.1) is 11.8 Å². The lowest BCUT2D eigenvalue weighted by molar-refractivity contribution is -0.125. The topological polar surface area (TPSA) is 54.5 Å². The summed E-state index contributed by atoms with van der Waals surface area (Å²) in [7, 11) is 0. The Morgan fingerprint density at radius 3 is 1.77 bits per heavy atom. The van der Waals surface area contributed by atoms with Crippen molar-refractivity contribution in [1.29, 1.82) is 0 Å². The average Bonchev–Trinajstić information content (AvgIpc) is 3.08. The van der Waals surface area contributed by atoms with E-state index in [1.54, 1.807) is 24.3 Å². The first-order valence-electron chi connectivity index (χ1n) is 10.3. The number of benzene rings is 3. The van der Waals surface area contributed by atoms with Gasteiger partial charge in [-0.05, 0) is 34.4 Å². The van der Waals surface area contributed by atoms with E-state index in [-0.39, 0.29) is 18.2 Å². The fourth-order valence-corrected chi connectivity index (χ4v) is 6.76. The van der Waals surface area contributed by atoms with Crippen LogP contribution in [0.4, 0.5) is 5.69 Å². The Morgan fingerprint density at radius 2 is 1.23 bits per heavy atom. The minimum Gasteiger partial charge on any atom is -0.303 e. The second-order valence-electron chi connectivity index (χ2n) is 8.45. The zero-order valence-electron chi connectivity index (χ0n) is 16.5. The Hall–Kier alpha value is -3.24. The van der Waals surface area contributed by atoms with Crippen LogP contribution >= 0.6 is 11.6 Å². The maximum absolute atomic E-state index is 13.9. The maximum Gasteiger partial charge on any atom is 0.240 e. The molecule has 31 heavy (non-hydrogen) atoms. The molecule has 0 radical (unpaired) electrons. The summed E-state index contributed by atoms with van der Waals surface area (Å²) >= 11 is 7.45. The van der Waals surface area contributed by atoms with Gasteiger partial charge in [0, 0.05) is 11.8 Å². The van der Waals surface area contributed by atoms with Gasteiger partial charge in [-0.2, -0.15) is 0 Å². The molecule has 3 aliphatic carbocycles. The molecule has 0 N–H and O–H groups in total. The van der Waals surface area contributed by atoms with Crippen molar-refractivity contribution in [3.8, 4) is 0 Å². The number of hydrogen-bond donors (Lipinski definition) is 0. The quantitative estimate of drug-likeness (QED) is 0.358. The SMILES string of the molecule is O=CCC12c3ccccc3C(Cl)(c3ccccc31)C1C(=O)N(c3ccccc3)C(=O)C12. The van der Waals surface area contributed by atoms with Gasteiger partial charge in [-0.15, -0.1) is 11.6 Å². The highest BCUT2D eigenvalue weighted by Gasteiger charge is 2.73. The molecule has 3 aromatic rings. The first kappa shape index (κ1) is 18.5.